The number of carbonyl (C=O) groups is 1. The van der Waals surface area contributed by atoms with Crippen LogP contribution >= 0.6 is 0 Å². The number of imidazole rings is 1. The molecule has 0 saturated carbocycles. The van der Waals surface area contributed by atoms with Crippen molar-refractivity contribution in [3.63, 3.8) is 0 Å². The Morgan fingerprint density at radius 1 is 1.67 bits per heavy atom. The fraction of sp³-hybridized carbons (Fsp3) is 0.200. The van der Waals surface area contributed by atoms with E-state index < -0.39 is 5.97 Å². The van der Waals surface area contributed by atoms with Gasteiger partial charge in [-0.2, -0.15) is 0 Å². The van der Waals surface area contributed by atoms with Gasteiger partial charge < -0.3 is 14.2 Å². The van der Waals surface area contributed by atoms with Crippen LogP contribution in [0.4, 0.5) is 0 Å². The Labute approximate surface area is 85.9 Å². The van der Waals surface area contributed by atoms with Crippen LogP contribution in [0.3, 0.4) is 0 Å². The highest BCUT2D eigenvalue weighted by atomic mass is 16.5. The second-order valence-electron chi connectivity index (χ2n) is 3.11. The van der Waals surface area contributed by atoms with Crippen molar-refractivity contribution < 1.29 is 14.6 Å². The molecule has 0 spiro atoms. The maximum atomic E-state index is 10.5. The third-order valence-electron chi connectivity index (χ3n) is 2.05. The minimum absolute atomic E-state index is 0.0785. The first-order valence-corrected chi connectivity index (χ1v) is 4.43. The highest BCUT2D eigenvalue weighted by Crippen LogP contribution is 2.18. The van der Waals surface area contributed by atoms with Crippen LogP contribution in [0.1, 0.15) is 5.69 Å². The summed E-state index contributed by atoms with van der Waals surface area (Å²) < 4.78 is 6.86. The first-order chi connectivity index (χ1) is 7.20. The molecule has 1 N–H and O–H groups in total. The topological polar surface area (TPSA) is 63.8 Å². The van der Waals surface area contributed by atoms with Crippen LogP contribution in [0.5, 0.6) is 5.75 Å². The van der Waals surface area contributed by atoms with Crippen molar-refractivity contribution in [3.05, 3.63) is 30.2 Å². The van der Waals surface area contributed by atoms with Gasteiger partial charge in [0.05, 0.1) is 19.2 Å². The second-order valence-corrected chi connectivity index (χ2v) is 3.11. The van der Waals surface area contributed by atoms with Crippen molar-refractivity contribution in [2.75, 3.05) is 7.11 Å². The summed E-state index contributed by atoms with van der Waals surface area (Å²) >= 11 is 0. The molecule has 0 unspecified atom stereocenters. The molecule has 0 amide bonds. The molecule has 0 aliphatic carbocycles. The number of aromatic nitrogens is 2. The maximum Gasteiger partial charge on any atom is 0.309 e. The van der Waals surface area contributed by atoms with E-state index in [1.807, 2.05) is 6.07 Å². The first-order valence-electron chi connectivity index (χ1n) is 4.43. The third kappa shape index (κ3) is 1.76. The Morgan fingerprint density at radius 2 is 2.47 bits per heavy atom. The highest BCUT2D eigenvalue weighted by Gasteiger charge is 2.08. The molecule has 0 aromatic carbocycles. The molecule has 0 saturated heterocycles. The number of fused-ring (bicyclic) bond motifs is 1. The molecule has 0 radical (unpaired) electrons. The molecule has 0 atom stereocenters. The lowest BCUT2D eigenvalue weighted by Crippen LogP contribution is -1.99. The molecule has 2 rings (SSSR count). The van der Waals surface area contributed by atoms with E-state index in [0.717, 1.165) is 0 Å². The van der Waals surface area contributed by atoms with Crippen LogP contribution in [0, 0.1) is 0 Å². The van der Waals surface area contributed by atoms with Gasteiger partial charge in [-0.15, -0.1) is 0 Å². The highest BCUT2D eigenvalue weighted by molar-refractivity contribution is 5.70. The molecule has 2 aromatic heterocycles. The standard InChI is InChI=1S/C10H10N2O3/c1-15-8-3-2-4-12-6-7(5-9(13)14)11-10(8)12/h2-4,6H,5H2,1H3,(H,13,14). The molecule has 2 aromatic rings. The first kappa shape index (κ1) is 9.51. The van der Waals surface area contributed by atoms with Crippen molar-refractivity contribution in [3.8, 4) is 5.75 Å². The number of aliphatic carboxylic acids is 1. The van der Waals surface area contributed by atoms with Gasteiger partial charge in [-0.05, 0) is 12.1 Å². The SMILES string of the molecule is COc1cccn2cc(CC(=O)O)nc12. The summed E-state index contributed by atoms with van der Waals surface area (Å²) in [4.78, 5) is 14.7. The molecule has 5 nitrogen and oxygen atoms in total. The van der Waals surface area contributed by atoms with Crippen LogP contribution in [-0.2, 0) is 11.2 Å². The predicted octanol–water partition coefficient (Wildman–Crippen LogP) is 0.970. The Morgan fingerprint density at radius 3 is 3.13 bits per heavy atom. The van der Waals surface area contributed by atoms with Gasteiger partial charge in [-0.25, -0.2) is 4.98 Å². The van der Waals surface area contributed by atoms with E-state index in [4.69, 9.17) is 9.84 Å². The summed E-state index contributed by atoms with van der Waals surface area (Å²) in [5.74, 6) is -0.258. The molecule has 0 fully saturated rings. The van der Waals surface area contributed by atoms with Crippen LogP contribution < -0.4 is 4.74 Å². The molecule has 0 aliphatic rings. The van der Waals surface area contributed by atoms with E-state index in [1.54, 1.807) is 30.0 Å². The largest absolute Gasteiger partial charge is 0.493 e. The molecule has 15 heavy (non-hydrogen) atoms. The lowest BCUT2D eigenvalue weighted by Gasteiger charge is -1.99. The average molecular weight is 206 g/mol. The summed E-state index contributed by atoms with van der Waals surface area (Å²) in [5.41, 5.74) is 1.16. The number of rotatable bonds is 3. The number of ether oxygens (including phenoxy) is 1. The quantitative estimate of drug-likeness (QED) is 0.812. The predicted molar refractivity (Wildman–Crippen MR) is 53.1 cm³/mol. The van der Waals surface area contributed by atoms with Gasteiger partial charge in [0.15, 0.2) is 11.4 Å². The van der Waals surface area contributed by atoms with Gasteiger partial charge in [0.1, 0.15) is 0 Å². The summed E-state index contributed by atoms with van der Waals surface area (Å²) in [6, 6.07) is 3.60. The van der Waals surface area contributed by atoms with Crippen molar-refractivity contribution >= 4 is 11.6 Å². The third-order valence-corrected chi connectivity index (χ3v) is 2.05. The number of pyridine rings is 1. The van der Waals surface area contributed by atoms with E-state index in [2.05, 4.69) is 4.98 Å². The monoisotopic (exact) mass is 206 g/mol. The Hall–Kier alpha value is -2.04. The van der Waals surface area contributed by atoms with Gasteiger partial charge in [-0.1, -0.05) is 0 Å². The number of carboxylic acid groups (broad SMARTS) is 1. The van der Waals surface area contributed by atoms with E-state index in [1.165, 1.54) is 0 Å². The van der Waals surface area contributed by atoms with Gasteiger partial charge in [0.25, 0.3) is 0 Å². The van der Waals surface area contributed by atoms with Gasteiger partial charge in [0.2, 0.25) is 0 Å². The fourth-order valence-corrected chi connectivity index (χ4v) is 1.44. The van der Waals surface area contributed by atoms with Crippen LogP contribution in [0.2, 0.25) is 0 Å². The van der Waals surface area contributed by atoms with Gasteiger partial charge in [-0.3, -0.25) is 4.79 Å². The van der Waals surface area contributed by atoms with Crippen molar-refractivity contribution in [2.24, 2.45) is 0 Å². The number of nitrogens with zero attached hydrogens (tertiary/aromatic N) is 2. The summed E-state index contributed by atoms with van der Waals surface area (Å²) in [6.07, 6.45) is 3.41. The lowest BCUT2D eigenvalue weighted by atomic mass is 10.3. The number of hydrogen-bond donors (Lipinski definition) is 1. The summed E-state index contributed by atoms with van der Waals surface area (Å²) in [6.45, 7) is 0. The summed E-state index contributed by atoms with van der Waals surface area (Å²) in [5, 5.41) is 8.64. The molecule has 2 heterocycles. The lowest BCUT2D eigenvalue weighted by molar-refractivity contribution is -0.136. The number of carboxylic acids is 1. The molecule has 0 aliphatic heterocycles. The minimum atomic E-state index is -0.891. The molecular weight excluding hydrogens is 196 g/mol. The Bertz CT molecular complexity index is 504. The molecule has 0 bridgehead atoms. The number of hydrogen-bond acceptors (Lipinski definition) is 3. The van der Waals surface area contributed by atoms with Crippen molar-refractivity contribution in [1.82, 2.24) is 9.38 Å². The average Bonchev–Trinajstić information content (AvgIpc) is 2.58. The van der Waals surface area contributed by atoms with Crippen molar-refractivity contribution in [2.45, 2.75) is 6.42 Å². The fourth-order valence-electron chi connectivity index (χ4n) is 1.44. The molecule has 5 heteroatoms. The van der Waals surface area contributed by atoms with Crippen molar-refractivity contribution in [1.29, 1.82) is 0 Å². The second kappa shape index (κ2) is 3.61. The van der Waals surface area contributed by atoms with Gasteiger partial charge >= 0.3 is 5.97 Å². The van der Waals surface area contributed by atoms with Crippen LogP contribution in [0.25, 0.3) is 5.65 Å². The zero-order valence-electron chi connectivity index (χ0n) is 8.17. The van der Waals surface area contributed by atoms with Crippen LogP contribution in [-0.4, -0.2) is 27.6 Å². The van der Waals surface area contributed by atoms with Gasteiger partial charge in [0, 0.05) is 12.4 Å². The normalized spacial score (nSPS) is 10.5. The Balaban J connectivity index is 2.50. The smallest absolute Gasteiger partial charge is 0.309 e. The van der Waals surface area contributed by atoms with Crippen LogP contribution in [0.15, 0.2) is 24.5 Å². The van der Waals surface area contributed by atoms with E-state index in [0.29, 0.717) is 17.1 Å². The molecule has 78 valence electrons. The Kier molecular flexibility index (Phi) is 2.29. The zero-order chi connectivity index (χ0) is 10.8. The van der Waals surface area contributed by atoms with E-state index in [-0.39, 0.29) is 6.42 Å². The summed E-state index contributed by atoms with van der Waals surface area (Å²) in [7, 11) is 1.56. The van der Waals surface area contributed by atoms with E-state index >= 15 is 0 Å². The molecular formula is C10H10N2O3. The maximum absolute atomic E-state index is 10.5. The minimum Gasteiger partial charge on any atom is -0.493 e. The number of methoxy groups -OCH3 is 1. The zero-order valence-corrected chi connectivity index (χ0v) is 8.17. The van der Waals surface area contributed by atoms with E-state index in [9.17, 15) is 4.79 Å².